The highest BCUT2D eigenvalue weighted by Crippen LogP contribution is 2.47. The fourth-order valence-electron chi connectivity index (χ4n) is 5.57. The highest BCUT2D eigenvalue weighted by atomic mass is 16.5. The number of rotatable bonds is 7. The number of aryl methyl sites for hydroxylation is 1. The maximum atomic E-state index is 11.4. The first-order chi connectivity index (χ1) is 16.7. The molecule has 3 aromatic rings. The molecule has 1 saturated heterocycles. The number of benzene rings is 3. The number of carbonyl (C=O) groups excluding carboxylic acids is 1. The van der Waals surface area contributed by atoms with E-state index in [0.717, 1.165) is 31.7 Å². The number of esters is 1. The van der Waals surface area contributed by atoms with Crippen molar-refractivity contribution in [2.24, 2.45) is 0 Å². The Morgan fingerprint density at radius 1 is 0.912 bits per heavy atom. The van der Waals surface area contributed by atoms with Gasteiger partial charge in [0.05, 0.1) is 0 Å². The van der Waals surface area contributed by atoms with E-state index in [1.54, 1.807) is 0 Å². The molecule has 0 N–H and O–H groups in total. The maximum absolute atomic E-state index is 11.4. The van der Waals surface area contributed by atoms with E-state index in [2.05, 4.69) is 65.6 Å². The van der Waals surface area contributed by atoms with Gasteiger partial charge in [-0.05, 0) is 91.2 Å². The summed E-state index contributed by atoms with van der Waals surface area (Å²) in [5, 5.41) is 0. The summed E-state index contributed by atoms with van der Waals surface area (Å²) in [6.45, 7) is 5.57. The van der Waals surface area contributed by atoms with E-state index in [4.69, 9.17) is 9.47 Å². The first-order valence-corrected chi connectivity index (χ1v) is 12.5. The number of carbonyl (C=O) groups is 1. The van der Waals surface area contributed by atoms with Crippen molar-refractivity contribution in [1.82, 2.24) is 4.90 Å². The molecule has 4 heteroatoms. The minimum absolute atomic E-state index is 0.246. The Kier molecular flexibility index (Phi) is 6.96. The van der Waals surface area contributed by atoms with Crippen LogP contribution in [0.3, 0.4) is 0 Å². The normalized spacial score (nSPS) is 20.0. The van der Waals surface area contributed by atoms with Crippen molar-refractivity contribution in [3.05, 3.63) is 95.1 Å². The van der Waals surface area contributed by atoms with Gasteiger partial charge in [-0.3, -0.25) is 9.69 Å². The molecule has 2 aliphatic rings. The molecule has 0 radical (unpaired) electrons. The topological polar surface area (TPSA) is 38.8 Å². The van der Waals surface area contributed by atoms with Crippen molar-refractivity contribution >= 4 is 5.97 Å². The van der Waals surface area contributed by atoms with Crippen molar-refractivity contribution in [3.8, 4) is 11.5 Å². The summed E-state index contributed by atoms with van der Waals surface area (Å²) < 4.78 is 11.4. The third kappa shape index (κ3) is 5.18. The lowest BCUT2D eigenvalue weighted by atomic mass is 9.69. The van der Waals surface area contributed by atoms with Gasteiger partial charge in [0.1, 0.15) is 18.1 Å². The van der Waals surface area contributed by atoms with E-state index >= 15 is 0 Å². The van der Waals surface area contributed by atoms with Crippen molar-refractivity contribution in [1.29, 1.82) is 0 Å². The highest BCUT2D eigenvalue weighted by molar-refractivity contribution is 5.69. The van der Waals surface area contributed by atoms with Crippen LogP contribution in [0, 0.1) is 0 Å². The van der Waals surface area contributed by atoms with E-state index in [1.165, 1.54) is 55.1 Å². The van der Waals surface area contributed by atoms with Crippen LogP contribution >= 0.6 is 0 Å². The van der Waals surface area contributed by atoms with Gasteiger partial charge in [-0.25, -0.2) is 0 Å². The maximum Gasteiger partial charge on any atom is 0.308 e. The van der Waals surface area contributed by atoms with Gasteiger partial charge in [0.25, 0.3) is 0 Å². The van der Waals surface area contributed by atoms with E-state index in [0.29, 0.717) is 11.7 Å². The third-order valence-corrected chi connectivity index (χ3v) is 7.18. The van der Waals surface area contributed by atoms with Gasteiger partial charge in [-0.1, -0.05) is 48.5 Å². The van der Waals surface area contributed by atoms with Crippen LogP contribution < -0.4 is 9.47 Å². The summed E-state index contributed by atoms with van der Waals surface area (Å²) in [7, 11) is 0. The Morgan fingerprint density at radius 3 is 2.38 bits per heavy atom. The zero-order chi connectivity index (χ0) is 23.3. The number of nitrogens with zero attached hydrogens (tertiary/aromatic N) is 1. The molecule has 3 aromatic carbocycles. The fourth-order valence-corrected chi connectivity index (χ4v) is 5.57. The van der Waals surface area contributed by atoms with Crippen LogP contribution in [0.4, 0.5) is 0 Å². The first kappa shape index (κ1) is 22.7. The van der Waals surface area contributed by atoms with Gasteiger partial charge in [-0.15, -0.1) is 0 Å². The summed E-state index contributed by atoms with van der Waals surface area (Å²) in [4.78, 5) is 13.9. The molecule has 0 saturated carbocycles. The number of ether oxygens (including phenoxy) is 2. The second-order valence-corrected chi connectivity index (χ2v) is 9.45. The van der Waals surface area contributed by atoms with Crippen LogP contribution in [0.2, 0.25) is 0 Å². The van der Waals surface area contributed by atoms with Gasteiger partial charge in [-0.2, -0.15) is 0 Å². The molecule has 176 valence electrons. The van der Waals surface area contributed by atoms with E-state index in [9.17, 15) is 4.79 Å². The molecule has 1 heterocycles. The molecule has 0 aromatic heterocycles. The largest absolute Gasteiger partial charge is 0.492 e. The summed E-state index contributed by atoms with van der Waals surface area (Å²) in [6, 6.07) is 25.6. The average molecular weight is 456 g/mol. The van der Waals surface area contributed by atoms with Crippen molar-refractivity contribution in [3.63, 3.8) is 0 Å². The molecule has 0 spiro atoms. The SMILES string of the molecule is CC(=O)Oc1ccc2c(c1)CC[C@@H](c1ccccc1)[C@H]2c1ccc(OCCN2CCCC2)cc1. The predicted molar refractivity (Wildman–Crippen MR) is 135 cm³/mol. The lowest BCUT2D eigenvalue weighted by molar-refractivity contribution is -0.131. The number of hydrogen-bond acceptors (Lipinski definition) is 4. The Morgan fingerprint density at radius 2 is 1.65 bits per heavy atom. The summed E-state index contributed by atoms with van der Waals surface area (Å²) in [5.74, 6) is 1.92. The molecule has 0 bridgehead atoms. The number of fused-ring (bicyclic) bond motifs is 1. The van der Waals surface area contributed by atoms with Crippen molar-refractivity contribution in [2.75, 3.05) is 26.2 Å². The molecule has 5 rings (SSSR count). The third-order valence-electron chi connectivity index (χ3n) is 7.18. The van der Waals surface area contributed by atoms with Crippen LogP contribution in [-0.2, 0) is 11.2 Å². The summed E-state index contributed by atoms with van der Waals surface area (Å²) in [5.41, 5.74) is 5.25. The number of hydrogen-bond donors (Lipinski definition) is 0. The molecule has 4 nitrogen and oxygen atoms in total. The average Bonchev–Trinajstić information content (AvgIpc) is 3.37. The zero-order valence-corrected chi connectivity index (χ0v) is 19.9. The standard InChI is InChI=1S/C30H33NO3/c1-22(32)34-27-14-16-29-25(21-27)11-15-28(23-7-3-2-4-8-23)30(29)24-9-12-26(13-10-24)33-20-19-31-17-5-6-18-31/h2-4,7-10,12-14,16,21,28,30H,5-6,11,15,17-20H2,1H3/t28-,30+/m0/s1. The van der Waals surface area contributed by atoms with E-state index < -0.39 is 0 Å². The number of likely N-dealkylation sites (tertiary alicyclic amines) is 1. The molecule has 0 unspecified atom stereocenters. The molecule has 1 aliphatic carbocycles. The minimum atomic E-state index is -0.283. The van der Waals surface area contributed by atoms with Crippen molar-refractivity contribution in [2.45, 2.75) is 44.4 Å². The lowest BCUT2D eigenvalue weighted by Gasteiger charge is -2.35. The van der Waals surface area contributed by atoms with Crippen LogP contribution in [0.15, 0.2) is 72.8 Å². The Labute approximate surface area is 202 Å². The fraction of sp³-hybridized carbons (Fsp3) is 0.367. The zero-order valence-electron chi connectivity index (χ0n) is 19.9. The second kappa shape index (κ2) is 10.4. The molecular formula is C30H33NO3. The van der Waals surface area contributed by atoms with Gasteiger partial charge < -0.3 is 9.47 Å². The summed E-state index contributed by atoms with van der Waals surface area (Å²) >= 11 is 0. The first-order valence-electron chi connectivity index (χ1n) is 12.5. The van der Waals surface area contributed by atoms with Crippen molar-refractivity contribution < 1.29 is 14.3 Å². The van der Waals surface area contributed by atoms with Crippen LogP contribution in [0.5, 0.6) is 11.5 Å². The van der Waals surface area contributed by atoms with Crippen LogP contribution in [0.1, 0.15) is 60.3 Å². The molecule has 2 atom stereocenters. The molecule has 1 aliphatic heterocycles. The van der Waals surface area contributed by atoms with Gasteiger partial charge in [0.2, 0.25) is 0 Å². The van der Waals surface area contributed by atoms with E-state index in [1.807, 2.05) is 12.1 Å². The lowest BCUT2D eigenvalue weighted by Crippen LogP contribution is -2.25. The minimum Gasteiger partial charge on any atom is -0.492 e. The Hall–Kier alpha value is -3.11. The summed E-state index contributed by atoms with van der Waals surface area (Å²) in [6.07, 6.45) is 4.64. The van der Waals surface area contributed by atoms with Crippen LogP contribution in [-0.4, -0.2) is 37.1 Å². The van der Waals surface area contributed by atoms with Gasteiger partial charge in [0.15, 0.2) is 0 Å². The smallest absolute Gasteiger partial charge is 0.308 e. The molecule has 0 amide bonds. The monoisotopic (exact) mass is 455 g/mol. The highest BCUT2D eigenvalue weighted by Gasteiger charge is 2.32. The second-order valence-electron chi connectivity index (χ2n) is 9.45. The predicted octanol–water partition coefficient (Wildman–Crippen LogP) is 5.95. The quantitative estimate of drug-likeness (QED) is 0.326. The Bertz CT molecular complexity index is 1100. The molecule has 34 heavy (non-hydrogen) atoms. The van der Waals surface area contributed by atoms with Gasteiger partial charge in [0, 0.05) is 19.4 Å². The molecule has 1 fully saturated rings. The van der Waals surface area contributed by atoms with Gasteiger partial charge >= 0.3 is 5.97 Å². The van der Waals surface area contributed by atoms with E-state index in [-0.39, 0.29) is 11.9 Å². The Balaban J connectivity index is 1.39. The van der Waals surface area contributed by atoms with Crippen LogP contribution in [0.25, 0.3) is 0 Å². The molecular weight excluding hydrogens is 422 g/mol.